The van der Waals surface area contributed by atoms with Crippen molar-refractivity contribution in [3.05, 3.63) is 64.1 Å². The molecule has 2 aromatic carbocycles. The van der Waals surface area contributed by atoms with Gasteiger partial charge in [0.1, 0.15) is 12.4 Å². The second-order valence-electron chi connectivity index (χ2n) is 4.30. The van der Waals surface area contributed by atoms with Gasteiger partial charge in [0.15, 0.2) is 0 Å². The molecule has 19 heavy (non-hydrogen) atoms. The minimum atomic E-state index is 0.595. The Hall–Kier alpha value is -1.32. The molecule has 0 saturated carbocycles. The van der Waals surface area contributed by atoms with E-state index in [4.69, 9.17) is 4.74 Å². The smallest absolute Gasteiger partial charge is 0.120 e. The van der Waals surface area contributed by atoms with E-state index in [0.717, 1.165) is 23.3 Å². The lowest BCUT2D eigenvalue weighted by molar-refractivity contribution is 0.304. The Labute approximate surface area is 122 Å². The molecule has 2 nitrogen and oxygen atoms in total. The molecule has 1 N–H and O–H groups in total. The van der Waals surface area contributed by atoms with Crippen molar-refractivity contribution in [3.8, 4) is 5.75 Å². The average molecular weight is 320 g/mol. The number of nitrogens with one attached hydrogen (secondary N) is 1. The molecule has 0 unspecified atom stereocenters. The average Bonchev–Trinajstić information content (AvgIpc) is 2.44. The number of hydrogen-bond acceptors (Lipinski definition) is 2. The van der Waals surface area contributed by atoms with Gasteiger partial charge in [-0.1, -0.05) is 53.2 Å². The van der Waals surface area contributed by atoms with Gasteiger partial charge in [0.2, 0.25) is 0 Å². The number of halogens is 1. The first kappa shape index (κ1) is 14.1. The second kappa shape index (κ2) is 7.31. The topological polar surface area (TPSA) is 21.3 Å². The lowest BCUT2D eigenvalue weighted by Gasteiger charge is -2.11. The molecule has 0 aliphatic rings. The van der Waals surface area contributed by atoms with Crippen LogP contribution in [0.25, 0.3) is 0 Å². The fraction of sp³-hybridized carbons (Fsp3) is 0.250. The Morgan fingerprint density at radius 2 is 1.84 bits per heavy atom. The zero-order valence-corrected chi connectivity index (χ0v) is 12.6. The monoisotopic (exact) mass is 319 g/mol. The maximum atomic E-state index is 5.84. The van der Waals surface area contributed by atoms with E-state index in [-0.39, 0.29) is 0 Å². The van der Waals surface area contributed by atoms with Crippen LogP contribution in [0.3, 0.4) is 0 Å². The molecule has 100 valence electrons. The SMILES string of the molecule is CCNCc1ccccc1COc1cccc(Br)c1. The third kappa shape index (κ3) is 4.37. The van der Waals surface area contributed by atoms with E-state index in [2.05, 4.69) is 52.4 Å². The van der Waals surface area contributed by atoms with Crippen molar-refractivity contribution >= 4 is 15.9 Å². The van der Waals surface area contributed by atoms with Crippen LogP contribution in [0.4, 0.5) is 0 Å². The van der Waals surface area contributed by atoms with E-state index in [0.29, 0.717) is 6.61 Å². The Kier molecular flexibility index (Phi) is 5.43. The molecule has 0 aliphatic heterocycles. The summed E-state index contributed by atoms with van der Waals surface area (Å²) in [4.78, 5) is 0. The molecular weight excluding hydrogens is 302 g/mol. The molecule has 0 saturated heterocycles. The molecule has 0 bridgehead atoms. The highest BCUT2D eigenvalue weighted by Crippen LogP contribution is 2.19. The van der Waals surface area contributed by atoms with Crippen LogP contribution in [-0.2, 0) is 13.2 Å². The van der Waals surface area contributed by atoms with E-state index in [1.165, 1.54) is 11.1 Å². The van der Waals surface area contributed by atoms with E-state index < -0.39 is 0 Å². The van der Waals surface area contributed by atoms with Gasteiger partial charge >= 0.3 is 0 Å². The Balaban J connectivity index is 2.02. The number of rotatable bonds is 6. The van der Waals surface area contributed by atoms with Crippen molar-refractivity contribution in [2.24, 2.45) is 0 Å². The van der Waals surface area contributed by atoms with Gasteiger partial charge in [0.25, 0.3) is 0 Å². The van der Waals surface area contributed by atoms with Crippen molar-refractivity contribution < 1.29 is 4.74 Å². The first-order chi connectivity index (χ1) is 9.29. The molecule has 0 heterocycles. The fourth-order valence-electron chi connectivity index (χ4n) is 1.85. The lowest BCUT2D eigenvalue weighted by atomic mass is 10.1. The number of hydrogen-bond donors (Lipinski definition) is 1. The quantitative estimate of drug-likeness (QED) is 0.864. The normalized spacial score (nSPS) is 10.4. The van der Waals surface area contributed by atoms with Crippen LogP contribution in [0.2, 0.25) is 0 Å². The van der Waals surface area contributed by atoms with Crippen molar-refractivity contribution in [1.82, 2.24) is 5.32 Å². The third-order valence-electron chi connectivity index (χ3n) is 2.87. The molecule has 2 rings (SSSR count). The lowest BCUT2D eigenvalue weighted by Crippen LogP contribution is -2.13. The van der Waals surface area contributed by atoms with E-state index in [1.807, 2.05) is 24.3 Å². The van der Waals surface area contributed by atoms with Gasteiger partial charge in [-0.25, -0.2) is 0 Å². The highest BCUT2D eigenvalue weighted by Gasteiger charge is 2.02. The van der Waals surface area contributed by atoms with Crippen molar-refractivity contribution in [1.29, 1.82) is 0 Å². The summed E-state index contributed by atoms with van der Waals surface area (Å²) < 4.78 is 6.87. The molecule has 0 fully saturated rings. The summed E-state index contributed by atoms with van der Waals surface area (Å²) in [6.45, 7) is 4.56. The fourth-order valence-corrected chi connectivity index (χ4v) is 2.23. The molecule has 0 aromatic heterocycles. The summed E-state index contributed by atoms with van der Waals surface area (Å²) in [5.41, 5.74) is 2.52. The molecule has 0 aliphatic carbocycles. The predicted molar refractivity (Wildman–Crippen MR) is 82.3 cm³/mol. The highest BCUT2D eigenvalue weighted by molar-refractivity contribution is 9.10. The van der Waals surface area contributed by atoms with Crippen LogP contribution in [0.5, 0.6) is 5.75 Å². The Morgan fingerprint density at radius 1 is 1.05 bits per heavy atom. The summed E-state index contributed by atoms with van der Waals surface area (Å²) in [5.74, 6) is 0.882. The van der Waals surface area contributed by atoms with Crippen molar-refractivity contribution in [2.75, 3.05) is 6.54 Å². The number of ether oxygens (including phenoxy) is 1. The van der Waals surface area contributed by atoms with Gasteiger partial charge in [0, 0.05) is 11.0 Å². The maximum absolute atomic E-state index is 5.84. The van der Waals surface area contributed by atoms with Crippen LogP contribution in [0.15, 0.2) is 53.0 Å². The molecule has 3 heteroatoms. The van der Waals surface area contributed by atoms with Crippen LogP contribution in [0, 0.1) is 0 Å². The Bertz CT molecular complexity index is 528. The molecule has 0 amide bonds. The largest absolute Gasteiger partial charge is 0.489 e. The van der Waals surface area contributed by atoms with Gasteiger partial charge in [-0.3, -0.25) is 0 Å². The van der Waals surface area contributed by atoms with Crippen LogP contribution >= 0.6 is 15.9 Å². The summed E-state index contributed by atoms with van der Waals surface area (Å²) in [7, 11) is 0. The summed E-state index contributed by atoms with van der Waals surface area (Å²) in [6, 6.07) is 16.3. The Morgan fingerprint density at radius 3 is 2.58 bits per heavy atom. The molecule has 0 atom stereocenters. The van der Waals surface area contributed by atoms with E-state index in [1.54, 1.807) is 0 Å². The van der Waals surface area contributed by atoms with Crippen LogP contribution < -0.4 is 10.1 Å². The first-order valence-electron chi connectivity index (χ1n) is 6.45. The van der Waals surface area contributed by atoms with E-state index in [9.17, 15) is 0 Å². The zero-order valence-electron chi connectivity index (χ0n) is 11.0. The molecule has 0 radical (unpaired) electrons. The van der Waals surface area contributed by atoms with Crippen LogP contribution in [-0.4, -0.2) is 6.54 Å². The second-order valence-corrected chi connectivity index (χ2v) is 5.21. The zero-order chi connectivity index (χ0) is 13.5. The first-order valence-corrected chi connectivity index (χ1v) is 7.24. The minimum Gasteiger partial charge on any atom is -0.489 e. The predicted octanol–water partition coefficient (Wildman–Crippen LogP) is 4.14. The maximum Gasteiger partial charge on any atom is 0.120 e. The van der Waals surface area contributed by atoms with Crippen molar-refractivity contribution in [2.45, 2.75) is 20.1 Å². The molecule has 0 spiro atoms. The van der Waals surface area contributed by atoms with Crippen LogP contribution in [0.1, 0.15) is 18.1 Å². The summed E-state index contributed by atoms with van der Waals surface area (Å²) >= 11 is 3.45. The van der Waals surface area contributed by atoms with Gasteiger partial charge in [-0.15, -0.1) is 0 Å². The third-order valence-corrected chi connectivity index (χ3v) is 3.37. The molecule has 2 aromatic rings. The van der Waals surface area contributed by atoms with Crippen molar-refractivity contribution in [3.63, 3.8) is 0 Å². The minimum absolute atomic E-state index is 0.595. The van der Waals surface area contributed by atoms with Gasteiger partial charge < -0.3 is 10.1 Å². The summed E-state index contributed by atoms with van der Waals surface area (Å²) in [5, 5.41) is 3.35. The van der Waals surface area contributed by atoms with E-state index >= 15 is 0 Å². The summed E-state index contributed by atoms with van der Waals surface area (Å²) in [6.07, 6.45) is 0. The standard InChI is InChI=1S/C16H18BrNO/c1-2-18-11-13-6-3-4-7-14(13)12-19-16-9-5-8-15(17)10-16/h3-10,18H,2,11-12H2,1H3. The van der Waals surface area contributed by atoms with Gasteiger partial charge in [-0.2, -0.15) is 0 Å². The highest BCUT2D eigenvalue weighted by atomic mass is 79.9. The molecular formula is C16H18BrNO. The van der Waals surface area contributed by atoms with Gasteiger partial charge in [-0.05, 0) is 35.9 Å². The van der Waals surface area contributed by atoms with Gasteiger partial charge in [0.05, 0.1) is 0 Å². The number of benzene rings is 2.